The van der Waals surface area contributed by atoms with Gasteiger partial charge in [-0.15, -0.1) is 0 Å². The van der Waals surface area contributed by atoms with E-state index in [1.54, 1.807) is 6.07 Å². The molecule has 0 amide bonds. The molecule has 1 N–H and O–H groups in total. The maximum Gasteiger partial charge on any atom is 0.116 e. The van der Waals surface area contributed by atoms with Crippen LogP contribution in [0.15, 0.2) is 60.7 Å². The minimum atomic E-state index is 0.248. The van der Waals surface area contributed by atoms with Crippen LogP contribution < -0.4 is 0 Å². The van der Waals surface area contributed by atoms with E-state index in [9.17, 15) is 10.4 Å². The summed E-state index contributed by atoms with van der Waals surface area (Å²) in [5.41, 5.74) is 4.99. The summed E-state index contributed by atoms with van der Waals surface area (Å²) in [7, 11) is 0. The first-order chi connectivity index (χ1) is 12.0. The fraction of sp³-hybridized carbons (Fsp3) is 0.0870. The van der Waals surface area contributed by atoms with Crippen LogP contribution in [0, 0.1) is 25.2 Å². The lowest BCUT2D eigenvalue weighted by atomic mass is 9.91. The molecule has 0 unspecified atom stereocenters. The van der Waals surface area contributed by atoms with Crippen molar-refractivity contribution in [1.82, 2.24) is 0 Å². The summed E-state index contributed by atoms with van der Waals surface area (Å²) in [5, 5.41) is 23.7. The first kappa shape index (κ1) is 15.2. The summed E-state index contributed by atoms with van der Waals surface area (Å²) in [6.07, 6.45) is 0. The highest BCUT2D eigenvalue weighted by atomic mass is 16.3. The van der Waals surface area contributed by atoms with Crippen LogP contribution in [-0.4, -0.2) is 5.11 Å². The second-order valence-electron chi connectivity index (χ2n) is 6.58. The van der Waals surface area contributed by atoms with Gasteiger partial charge in [0, 0.05) is 0 Å². The highest BCUT2D eigenvalue weighted by molar-refractivity contribution is 6.06. The van der Waals surface area contributed by atoms with Gasteiger partial charge in [-0.2, -0.15) is 5.26 Å². The van der Waals surface area contributed by atoms with Crippen molar-refractivity contribution < 1.29 is 5.11 Å². The predicted molar refractivity (Wildman–Crippen MR) is 103 cm³/mol. The summed E-state index contributed by atoms with van der Waals surface area (Å²) < 4.78 is 0. The molecule has 0 aromatic heterocycles. The third-order valence-corrected chi connectivity index (χ3v) is 4.61. The summed E-state index contributed by atoms with van der Waals surface area (Å²) in [4.78, 5) is 0. The lowest BCUT2D eigenvalue weighted by Gasteiger charge is -2.13. The molecular formula is C23H17NO. The average Bonchev–Trinajstić information content (AvgIpc) is 2.60. The quantitative estimate of drug-likeness (QED) is 0.477. The molecule has 0 aliphatic heterocycles. The molecule has 0 heterocycles. The van der Waals surface area contributed by atoms with Gasteiger partial charge in [-0.05, 0) is 76.3 Å². The molecule has 2 heteroatoms. The van der Waals surface area contributed by atoms with Gasteiger partial charge in [0.15, 0.2) is 0 Å². The zero-order valence-electron chi connectivity index (χ0n) is 14.2. The molecule has 0 aliphatic rings. The van der Waals surface area contributed by atoms with Crippen LogP contribution >= 0.6 is 0 Å². The highest BCUT2D eigenvalue weighted by Crippen LogP contribution is 2.38. The van der Waals surface area contributed by atoms with Crippen molar-refractivity contribution in [2.24, 2.45) is 0 Å². The molecule has 0 bridgehead atoms. The van der Waals surface area contributed by atoms with Crippen LogP contribution in [0.3, 0.4) is 0 Å². The number of hydrogen-bond acceptors (Lipinski definition) is 2. The van der Waals surface area contributed by atoms with Gasteiger partial charge >= 0.3 is 0 Å². The Labute approximate surface area is 146 Å². The van der Waals surface area contributed by atoms with E-state index in [1.807, 2.05) is 36.4 Å². The zero-order valence-corrected chi connectivity index (χ0v) is 14.2. The number of rotatable bonds is 1. The van der Waals surface area contributed by atoms with Crippen molar-refractivity contribution in [3.63, 3.8) is 0 Å². The Morgan fingerprint density at radius 3 is 2.20 bits per heavy atom. The molecule has 0 aliphatic carbocycles. The second kappa shape index (κ2) is 5.65. The maximum atomic E-state index is 10.2. The Hall–Kier alpha value is -3.31. The summed E-state index contributed by atoms with van der Waals surface area (Å²) >= 11 is 0. The Balaban J connectivity index is 2.16. The Kier molecular flexibility index (Phi) is 3.44. The number of aryl methyl sites for hydroxylation is 2. The molecule has 4 aromatic carbocycles. The van der Waals surface area contributed by atoms with E-state index in [4.69, 9.17) is 0 Å². The number of hydrogen-bond donors (Lipinski definition) is 1. The molecular weight excluding hydrogens is 306 g/mol. The number of phenolic OH excluding ortho intramolecular Hbond substituents is 1. The molecule has 25 heavy (non-hydrogen) atoms. The van der Waals surface area contributed by atoms with Gasteiger partial charge in [-0.25, -0.2) is 0 Å². The van der Waals surface area contributed by atoms with Crippen molar-refractivity contribution in [3.8, 4) is 22.9 Å². The summed E-state index contributed by atoms with van der Waals surface area (Å²) in [6, 6.07) is 22.1. The number of phenols is 1. The van der Waals surface area contributed by atoms with Gasteiger partial charge < -0.3 is 5.11 Å². The summed E-state index contributed by atoms with van der Waals surface area (Å²) in [5.74, 6) is 0.248. The Bertz CT molecular complexity index is 1180. The first-order valence-electron chi connectivity index (χ1n) is 8.23. The van der Waals surface area contributed by atoms with Crippen molar-refractivity contribution in [2.75, 3.05) is 0 Å². The molecule has 0 atom stereocenters. The number of benzene rings is 4. The number of aromatic hydroxyl groups is 1. The third-order valence-electron chi connectivity index (χ3n) is 4.61. The van der Waals surface area contributed by atoms with Gasteiger partial charge in [0.1, 0.15) is 5.75 Å². The fourth-order valence-electron chi connectivity index (χ4n) is 3.48. The van der Waals surface area contributed by atoms with E-state index in [2.05, 4.69) is 38.1 Å². The van der Waals surface area contributed by atoms with Crippen LogP contribution in [0.1, 0.15) is 16.7 Å². The second-order valence-corrected chi connectivity index (χ2v) is 6.58. The molecule has 0 saturated carbocycles. The Morgan fingerprint density at radius 1 is 0.720 bits per heavy atom. The topological polar surface area (TPSA) is 44.0 Å². The molecule has 0 spiro atoms. The smallest absolute Gasteiger partial charge is 0.116 e. The van der Waals surface area contributed by atoms with E-state index in [0.29, 0.717) is 5.56 Å². The molecule has 2 nitrogen and oxygen atoms in total. The normalized spacial score (nSPS) is 10.9. The average molecular weight is 323 g/mol. The number of nitrogens with zero attached hydrogens (tertiary/aromatic N) is 1. The van der Waals surface area contributed by atoms with Crippen molar-refractivity contribution in [3.05, 3.63) is 77.4 Å². The zero-order chi connectivity index (χ0) is 17.6. The third kappa shape index (κ3) is 2.60. The largest absolute Gasteiger partial charge is 0.508 e. The summed E-state index contributed by atoms with van der Waals surface area (Å²) in [6.45, 7) is 4.13. The van der Waals surface area contributed by atoms with Crippen LogP contribution in [0.5, 0.6) is 5.75 Å². The van der Waals surface area contributed by atoms with Gasteiger partial charge in [-0.3, -0.25) is 0 Å². The minimum Gasteiger partial charge on any atom is -0.508 e. The van der Waals surface area contributed by atoms with Crippen molar-refractivity contribution in [2.45, 2.75) is 13.8 Å². The highest BCUT2D eigenvalue weighted by Gasteiger charge is 2.11. The van der Waals surface area contributed by atoms with Gasteiger partial charge in [-0.1, -0.05) is 42.0 Å². The molecule has 0 fully saturated rings. The Morgan fingerprint density at radius 2 is 1.40 bits per heavy atom. The van der Waals surface area contributed by atoms with Gasteiger partial charge in [0.05, 0.1) is 11.6 Å². The van der Waals surface area contributed by atoms with E-state index < -0.39 is 0 Å². The molecule has 0 radical (unpaired) electrons. The van der Waals surface area contributed by atoms with Gasteiger partial charge in [0.2, 0.25) is 0 Å². The number of nitriles is 1. The van der Waals surface area contributed by atoms with Crippen LogP contribution in [0.2, 0.25) is 0 Å². The van der Waals surface area contributed by atoms with Crippen LogP contribution in [0.25, 0.3) is 32.7 Å². The van der Waals surface area contributed by atoms with E-state index >= 15 is 0 Å². The van der Waals surface area contributed by atoms with Crippen LogP contribution in [0.4, 0.5) is 0 Å². The SMILES string of the molecule is Cc1cc(-c2cc(O)cc3ccc(C)cc23)c2cc(C#N)ccc2c1. The molecule has 120 valence electrons. The van der Waals surface area contributed by atoms with E-state index in [0.717, 1.165) is 38.2 Å². The standard InChI is InChI=1S/C23H17NO/c1-14-3-5-18-11-19(25)12-23(20(18)8-14)22-9-15(2)7-17-6-4-16(13-24)10-21(17)22/h3-12,25H,1-2H3. The van der Waals surface area contributed by atoms with E-state index in [1.165, 1.54) is 5.56 Å². The molecule has 4 rings (SSSR count). The molecule has 0 saturated heterocycles. The predicted octanol–water partition coefficient (Wildman–Crippen LogP) is 5.85. The fourth-order valence-corrected chi connectivity index (χ4v) is 3.48. The van der Waals surface area contributed by atoms with Crippen molar-refractivity contribution in [1.29, 1.82) is 5.26 Å². The monoisotopic (exact) mass is 323 g/mol. The lowest BCUT2D eigenvalue weighted by molar-refractivity contribution is 0.476. The lowest BCUT2D eigenvalue weighted by Crippen LogP contribution is -1.88. The molecule has 4 aromatic rings. The maximum absolute atomic E-state index is 10.2. The first-order valence-corrected chi connectivity index (χ1v) is 8.23. The minimum absolute atomic E-state index is 0.248. The van der Waals surface area contributed by atoms with Crippen molar-refractivity contribution >= 4 is 21.5 Å². The van der Waals surface area contributed by atoms with E-state index in [-0.39, 0.29) is 5.75 Å². The number of fused-ring (bicyclic) bond motifs is 2. The van der Waals surface area contributed by atoms with Gasteiger partial charge in [0.25, 0.3) is 0 Å². The van der Waals surface area contributed by atoms with Crippen LogP contribution in [-0.2, 0) is 0 Å².